The van der Waals surface area contributed by atoms with Crippen molar-refractivity contribution < 1.29 is 39.5 Å². The molecule has 2 amide bonds. The third-order valence-corrected chi connectivity index (χ3v) is 4.82. The van der Waals surface area contributed by atoms with Crippen LogP contribution >= 0.6 is 0 Å². The fraction of sp³-hybridized carbons (Fsp3) is 0.474. The van der Waals surface area contributed by atoms with Crippen LogP contribution in [0.5, 0.6) is 0 Å². The molecule has 9 heteroatoms. The van der Waals surface area contributed by atoms with Gasteiger partial charge < -0.3 is 29.9 Å². The largest absolute Gasteiger partial charge is 0.394 e. The summed E-state index contributed by atoms with van der Waals surface area (Å²) in [7, 11) is 0. The molecule has 0 spiro atoms. The van der Waals surface area contributed by atoms with Gasteiger partial charge in [0.05, 0.1) is 24.3 Å². The Labute approximate surface area is 161 Å². The molecule has 1 aromatic rings. The number of aliphatic hydroxyl groups is 4. The van der Waals surface area contributed by atoms with Crippen molar-refractivity contribution in [2.75, 3.05) is 19.8 Å². The molecule has 2 aliphatic heterocycles. The average Bonchev–Trinajstić information content (AvgIpc) is 2.94. The van der Waals surface area contributed by atoms with E-state index in [0.717, 1.165) is 4.90 Å². The Hall–Kier alpha value is -2.14. The highest BCUT2D eigenvalue weighted by atomic mass is 16.7. The molecule has 5 atom stereocenters. The van der Waals surface area contributed by atoms with Gasteiger partial charge in [0.15, 0.2) is 6.29 Å². The fourth-order valence-electron chi connectivity index (χ4n) is 3.13. The Balaban J connectivity index is 1.57. The first-order valence-corrected chi connectivity index (χ1v) is 8.88. The molecular weight excluding hydrogens is 370 g/mol. The lowest BCUT2D eigenvalue weighted by Crippen LogP contribution is -2.59. The Morgan fingerprint density at radius 2 is 1.71 bits per heavy atom. The number of carbonyl (C=O) groups is 2. The highest BCUT2D eigenvalue weighted by molar-refractivity contribution is 6.21. The van der Waals surface area contributed by atoms with Crippen molar-refractivity contribution in [3.05, 3.63) is 47.0 Å². The molecule has 2 heterocycles. The van der Waals surface area contributed by atoms with Gasteiger partial charge in [-0.05, 0) is 24.6 Å². The lowest BCUT2D eigenvalue weighted by Gasteiger charge is -2.39. The second-order valence-electron chi connectivity index (χ2n) is 6.83. The van der Waals surface area contributed by atoms with Crippen molar-refractivity contribution in [2.24, 2.45) is 0 Å². The summed E-state index contributed by atoms with van der Waals surface area (Å²) >= 11 is 0. The van der Waals surface area contributed by atoms with Crippen LogP contribution < -0.4 is 0 Å². The monoisotopic (exact) mass is 393 g/mol. The van der Waals surface area contributed by atoms with Crippen LogP contribution in [0.3, 0.4) is 0 Å². The van der Waals surface area contributed by atoms with E-state index in [1.807, 2.05) is 0 Å². The summed E-state index contributed by atoms with van der Waals surface area (Å²) < 4.78 is 10.7. The van der Waals surface area contributed by atoms with Crippen molar-refractivity contribution in [3.8, 4) is 0 Å². The van der Waals surface area contributed by atoms with Gasteiger partial charge in [0.1, 0.15) is 24.4 Å². The van der Waals surface area contributed by atoms with Crippen molar-refractivity contribution in [3.63, 3.8) is 0 Å². The predicted molar refractivity (Wildman–Crippen MR) is 95.3 cm³/mol. The maximum atomic E-state index is 12.3. The third kappa shape index (κ3) is 3.86. The van der Waals surface area contributed by atoms with Crippen LogP contribution in [0.25, 0.3) is 0 Å². The maximum Gasteiger partial charge on any atom is 0.261 e. The van der Waals surface area contributed by atoms with Gasteiger partial charge in [-0.2, -0.15) is 0 Å². The smallest absolute Gasteiger partial charge is 0.261 e. The highest BCUT2D eigenvalue weighted by Crippen LogP contribution is 2.24. The molecule has 1 fully saturated rings. The van der Waals surface area contributed by atoms with Gasteiger partial charge >= 0.3 is 0 Å². The number of carbonyl (C=O) groups excluding carboxylic acids is 2. The van der Waals surface area contributed by atoms with Crippen molar-refractivity contribution >= 4 is 11.8 Å². The Bertz CT molecular complexity index is 742. The predicted octanol–water partition coefficient (Wildman–Crippen LogP) is -0.955. The number of benzene rings is 1. The molecule has 1 aromatic carbocycles. The number of ether oxygens (including phenoxy) is 2. The van der Waals surface area contributed by atoms with Gasteiger partial charge in [-0.3, -0.25) is 14.5 Å². The molecule has 9 nitrogen and oxygen atoms in total. The second kappa shape index (κ2) is 8.48. The number of amides is 2. The number of rotatable bonds is 6. The number of aliphatic hydroxyl groups excluding tert-OH is 4. The molecule has 4 N–H and O–H groups in total. The van der Waals surface area contributed by atoms with Crippen LogP contribution in [0.2, 0.25) is 0 Å². The Kier molecular flexibility index (Phi) is 6.23. The molecule has 0 bridgehead atoms. The first-order chi connectivity index (χ1) is 13.3. The van der Waals surface area contributed by atoms with E-state index in [0.29, 0.717) is 16.7 Å². The zero-order valence-corrected chi connectivity index (χ0v) is 15.3. The standard InChI is InChI=1S/C19H23NO8/c1-10(9-27-19-16(24)15(23)14(22)13(8-21)28-19)6-7-20-17(25)11-4-2-3-5-12(11)18(20)26/h2-6,13-16,19,21-24H,7-9H2,1H3/t13-,14-,15+,16-,19-/m1/s1. The normalized spacial score (nSPS) is 30.7. The van der Waals surface area contributed by atoms with Crippen LogP contribution in [0.1, 0.15) is 27.6 Å². The number of fused-ring (bicyclic) bond motifs is 1. The molecule has 0 aliphatic carbocycles. The molecule has 0 unspecified atom stereocenters. The SMILES string of the molecule is CC(=CCN1C(=O)c2ccccc2C1=O)CO[C@@H]1O[C@H](CO)[C@@H](O)[C@H](O)[C@H]1O. The number of hydrogen-bond acceptors (Lipinski definition) is 8. The minimum absolute atomic E-state index is 0.00808. The summed E-state index contributed by atoms with van der Waals surface area (Å²) in [5.74, 6) is -0.723. The van der Waals surface area contributed by atoms with Gasteiger partial charge in [-0.1, -0.05) is 18.2 Å². The molecule has 1 saturated heterocycles. The second-order valence-corrected chi connectivity index (χ2v) is 6.83. The average molecular weight is 393 g/mol. The minimum atomic E-state index is -1.52. The van der Waals surface area contributed by atoms with Crippen molar-refractivity contribution in [2.45, 2.75) is 37.6 Å². The first-order valence-electron chi connectivity index (χ1n) is 8.88. The lowest BCUT2D eigenvalue weighted by atomic mass is 9.99. The fourth-order valence-corrected chi connectivity index (χ4v) is 3.13. The highest BCUT2D eigenvalue weighted by Gasteiger charge is 2.44. The molecule has 2 aliphatic rings. The summed E-state index contributed by atoms with van der Waals surface area (Å²) in [5.41, 5.74) is 1.40. The van der Waals surface area contributed by atoms with Crippen LogP contribution in [0.4, 0.5) is 0 Å². The molecule has 0 saturated carbocycles. The van der Waals surface area contributed by atoms with Gasteiger partial charge in [0.25, 0.3) is 11.8 Å². The van der Waals surface area contributed by atoms with E-state index in [4.69, 9.17) is 9.47 Å². The van der Waals surface area contributed by atoms with Gasteiger partial charge in [0.2, 0.25) is 0 Å². The first kappa shape index (κ1) is 20.6. The zero-order valence-electron chi connectivity index (χ0n) is 15.3. The maximum absolute atomic E-state index is 12.3. The molecule has 3 rings (SSSR count). The van der Waals surface area contributed by atoms with E-state index in [-0.39, 0.29) is 25.0 Å². The quantitative estimate of drug-likeness (QED) is 0.359. The lowest BCUT2D eigenvalue weighted by molar-refractivity contribution is -0.299. The van der Waals surface area contributed by atoms with Crippen LogP contribution in [-0.4, -0.2) is 87.6 Å². The molecule has 0 aromatic heterocycles. The van der Waals surface area contributed by atoms with Crippen molar-refractivity contribution in [1.29, 1.82) is 0 Å². The van der Waals surface area contributed by atoms with Crippen LogP contribution in [0.15, 0.2) is 35.9 Å². The Morgan fingerprint density at radius 3 is 2.29 bits per heavy atom. The summed E-state index contributed by atoms with van der Waals surface area (Å²) in [6.07, 6.45) is -5.10. The molecule has 152 valence electrons. The third-order valence-electron chi connectivity index (χ3n) is 4.82. The van der Waals surface area contributed by atoms with Crippen LogP contribution in [-0.2, 0) is 9.47 Å². The van der Waals surface area contributed by atoms with E-state index in [9.17, 15) is 30.0 Å². The van der Waals surface area contributed by atoms with E-state index in [1.165, 1.54) is 0 Å². The number of hydrogen-bond donors (Lipinski definition) is 4. The molecule has 28 heavy (non-hydrogen) atoms. The van der Waals surface area contributed by atoms with E-state index in [1.54, 1.807) is 37.3 Å². The molecular formula is C19H23NO8. The van der Waals surface area contributed by atoms with Gasteiger partial charge in [-0.15, -0.1) is 0 Å². The van der Waals surface area contributed by atoms with Gasteiger partial charge in [-0.25, -0.2) is 0 Å². The summed E-state index contributed by atoms with van der Waals surface area (Å²) in [4.78, 5) is 25.8. The summed E-state index contributed by atoms with van der Waals surface area (Å²) in [6, 6.07) is 6.61. The number of imide groups is 1. The van der Waals surface area contributed by atoms with Gasteiger partial charge in [0, 0.05) is 6.54 Å². The molecule has 0 radical (unpaired) electrons. The van der Waals surface area contributed by atoms with Crippen molar-refractivity contribution in [1.82, 2.24) is 4.90 Å². The van der Waals surface area contributed by atoms with E-state index < -0.39 is 37.3 Å². The zero-order chi connectivity index (χ0) is 20.4. The Morgan fingerprint density at radius 1 is 1.11 bits per heavy atom. The minimum Gasteiger partial charge on any atom is -0.394 e. The van der Waals surface area contributed by atoms with E-state index in [2.05, 4.69) is 0 Å². The number of nitrogens with zero attached hydrogens (tertiary/aromatic N) is 1. The van der Waals surface area contributed by atoms with Crippen LogP contribution in [0, 0.1) is 0 Å². The van der Waals surface area contributed by atoms with E-state index >= 15 is 0 Å². The summed E-state index contributed by atoms with van der Waals surface area (Å²) in [5, 5.41) is 38.6. The topological polar surface area (TPSA) is 137 Å². The summed E-state index contributed by atoms with van der Waals surface area (Å²) in [6.45, 7) is 1.23.